The molecule has 0 aliphatic heterocycles. The molecule has 0 saturated carbocycles. The Balaban J connectivity index is 3.50. The molecule has 1 heterocycles. The minimum atomic E-state index is -3.00. The van der Waals surface area contributed by atoms with Crippen LogP contribution in [0.1, 0.15) is 29.5 Å². The van der Waals surface area contributed by atoms with E-state index in [9.17, 15) is 23.7 Å². The minimum Gasteiger partial charge on any atom is -0.490 e. The highest BCUT2D eigenvalue weighted by molar-refractivity contribution is 5.93. The highest BCUT2D eigenvalue weighted by atomic mass is 19.3. The van der Waals surface area contributed by atoms with Gasteiger partial charge in [-0.3, -0.25) is 10.1 Å². The number of pyridine rings is 1. The van der Waals surface area contributed by atoms with E-state index in [-0.39, 0.29) is 6.61 Å². The Morgan fingerprint density at radius 2 is 2.21 bits per heavy atom. The van der Waals surface area contributed by atoms with Crippen molar-refractivity contribution in [3.8, 4) is 5.75 Å². The Morgan fingerprint density at radius 1 is 1.58 bits per heavy atom. The molecule has 1 rings (SSSR count). The van der Waals surface area contributed by atoms with E-state index in [1.807, 2.05) is 0 Å². The molecule has 0 aliphatic rings. The molecule has 19 heavy (non-hydrogen) atoms. The summed E-state index contributed by atoms with van der Waals surface area (Å²) in [4.78, 5) is 24.7. The fraction of sp³-hybridized carbons (Fsp3) is 0.400. The van der Waals surface area contributed by atoms with Crippen molar-refractivity contribution in [2.75, 3.05) is 13.7 Å². The van der Waals surface area contributed by atoms with Crippen LogP contribution in [0.2, 0.25) is 0 Å². The predicted molar refractivity (Wildman–Crippen MR) is 58.4 cm³/mol. The molecule has 0 aliphatic carbocycles. The first-order chi connectivity index (χ1) is 8.92. The van der Waals surface area contributed by atoms with Crippen LogP contribution < -0.4 is 4.74 Å². The summed E-state index contributed by atoms with van der Waals surface area (Å²) in [6, 6.07) is 0.714. The zero-order chi connectivity index (χ0) is 14.6. The van der Waals surface area contributed by atoms with Crippen LogP contribution in [0, 0.1) is 10.1 Å². The summed E-state index contributed by atoms with van der Waals surface area (Å²) in [5, 5.41) is 10.9. The lowest BCUT2D eigenvalue weighted by Gasteiger charge is -2.08. The molecule has 1 aromatic heterocycles. The Labute approximate surface area is 106 Å². The number of halogens is 2. The van der Waals surface area contributed by atoms with Gasteiger partial charge in [-0.15, -0.1) is 0 Å². The number of esters is 1. The molecule has 0 spiro atoms. The van der Waals surface area contributed by atoms with Crippen LogP contribution >= 0.6 is 0 Å². The van der Waals surface area contributed by atoms with Gasteiger partial charge in [0, 0.05) is 6.07 Å². The van der Waals surface area contributed by atoms with Crippen molar-refractivity contribution >= 4 is 11.7 Å². The first-order valence-corrected chi connectivity index (χ1v) is 5.10. The summed E-state index contributed by atoms with van der Waals surface area (Å²) in [5.41, 5.74) is -2.41. The number of methoxy groups -OCH3 is 1. The summed E-state index contributed by atoms with van der Waals surface area (Å²) in [6.45, 7) is 1.40. The Morgan fingerprint density at radius 3 is 2.63 bits per heavy atom. The standard InChI is InChI=1S/C10H10F2N2O5/c1-3-19-10(15)7-8(14(16)17)6(18-2)4-5(13-7)9(11)12/h4,9H,3H2,1-2H3. The molecule has 9 heteroatoms. The highest BCUT2D eigenvalue weighted by Crippen LogP contribution is 2.33. The maximum atomic E-state index is 12.6. The van der Waals surface area contributed by atoms with Crippen molar-refractivity contribution < 1.29 is 28.0 Å². The third-order valence-corrected chi connectivity index (χ3v) is 2.07. The van der Waals surface area contributed by atoms with Gasteiger partial charge in [0.15, 0.2) is 0 Å². The maximum absolute atomic E-state index is 12.6. The van der Waals surface area contributed by atoms with Gasteiger partial charge < -0.3 is 9.47 Å². The molecule has 0 unspecified atom stereocenters. The van der Waals surface area contributed by atoms with Crippen LogP contribution in [0.5, 0.6) is 5.75 Å². The number of nitrogens with zero attached hydrogens (tertiary/aromatic N) is 2. The Bertz CT molecular complexity index is 507. The lowest BCUT2D eigenvalue weighted by atomic mass is 10.2. The monoisotopic (exact) mass is 276 g/mol. The van der Waals surface area contributed by atoms with E-state index < -0.39 is 40.1 Å². The second-order valence-electron chi connectivity index (χ2n) is 3.22. The van der Waals surface area contributed by atoms with Crippen LogP contribution in [0.3, 0.4) is 0 Å². The summed E-state index contributed by atoms with van der Waals surface area (Å²) in [7, 11) is 1.06. The number of hydrogen-bond donors (Lipinski definition) is 0. The van der Waals surface area contributed by atoms with E-state index in [0.29, 0.717) is 6.07 Å². The SMILES string of the molecule is CCOC(=O)c1nc(C(F)F)cc(OC)c1[N+](=O)[O-]. The number of ether oxygens (including phenoxy) is 2. The summed E-state index contributed by atoms with van der Waals surface area (Å²) >= 11 is 0. The van der Waals surface area contributed by atoms with Gasteiger partial charge in [-0.05, 0) is 6.92 Å². The van der Waals surface area contributed by atoms with E-state index in [1.165, 1.54) is 6.92 Å². The second-order valence-corrected chi connectivity index (χ2v) is 3.22. The van der Waals surface area contributed by atoms with Crippen molar-refractivity contribution in [3.05, 3.63) is 27.6 Å². The average molecular weight is 276 g/mol. The number of aromatic nitrogens is 1. The van der Waals surface area contributed by atoms with Gasteiger partial charge in [0.25, 0.3) is 6.43 Å². The molecule has 104 valence electrons. The number of carbonyl (C=O) groups is 1. The van der Waals surface area contributed by atoms with Crippen molar-refractivity contribution in [1.29, 1.82) is 0 Å². The van der Waals surface area contributed by atoms with E-state index in [4.69, 9.17) is 0 Å². The fourth-order valence-electron chi connectivity index (χ4n) is 1.32. The van der Waals surface area contributed by atoms with Gasteiger partial charge in [-0.1, -0.05) is 0 Å². The molecular formula is C10H10F2N2O5. The average Bonchev–Trinajstić information content (AvgIpc) is 2.36. The third-order valence-electron chi connectivity index (χ3n) is 2.07. The molecule has 0 saturated heterocycles. The fourth-order valence-corrected chi connectivity index (χ4v) is 1.32. The van der Waals surface area contributed by atoms with Crippen molar-refractivity contribution in [2.45, 2.75) is 13.3 Å². The first kappa shape index (κ1) is 14.7. The van der Waals surface area contributed by atoms with Gasteiger partial charge in [-0.2, -0.15) is 0 Å². The molecule has 0 N–H and O–H groups in total. The van der Waals surface area contributed by atoms with E-state index in [2.05, 4.69) is 14.5 Å². The zero-order valence-corrected chi connectivity index (χ0v) is 10.1. The summed E-state index contributed by atoms with van der Waals surface area (Å²) in [5.74, 6) is -1.63. The normalized spacial score (nSPS) is 10.4. The number of carbonyl (C=O) groups excluding carboxylic acids is 1. The van der Waals surface area contributed by atoms with Gasteiger partial charge in [-0.25, -0.2) is 18.6 Å². The van der Waals surface area contributed by atoms with Gasteiger partial charge >= 0.3 is 11.7 Å². The van der Waals surface area contributed by atoms with E-state index in [0.717, 1.165) is 7.11 Å². The predicted octanol–water partition coefficient (Wildman–Crippen LogP) is 2.11. The largest absolute Gasteiger partial charge is 0.490 e. The maximum Gasteiger partial charge on any atom is 0.364 e. The van der Waals surface area contributed by atoms with Gasteiger partial charge in [0.05, 0.1) is 18.6 Å². The summed E-state index contributed by atoms with van der Waals surface area (Å²) in [6.07, 6.45) is -3.00. The van der Waals surface area contributed by atoms with Gasteiger partial charge in [0.1, 0.15) is 5.69 Å². The second kappa shape index (κ2) is 6.03. The quantitative estimate of drug-likeness (QED) is 0.464. The van der Waals surface area contributed by atoms with Crippen LogP contribution in [0.25, 0.3) is 0 Å². The zero-order valence-electron chi connectivity index (χ0n) is 10.1. The molecule has 0 radical (unpaired) electrons. The molecule has 0 amide bonds. The van der Waals surface area contributed by atoms with Crippen LogP contribution in [-0.4, -0.2) is 29.6 Å². The lowest BCUT2D eigenvalue weighted by molar-refractivity contribution is -0.386. The molecule has 0 aromatic carbocycles. The highest BCUT2D eigenvalue weighted by Gasteiger charge is 2.31. The number of rotatable bonds is 5. The van der Waals surface area contributed by atoms with Crippen LogP contribution in [0.15, 0.2) is 6.07 Å². The summed E-state index contributed by atoms with van der Waals surface area (Å²) < 4.78 is 34.4. The van der Waals surface area contributed by atoms with E-state index in [1.54, 1.807) is 0 Å². The lowest BCUT2D eigenvalue weighted by Crippen LogP contribution is -2.13. The number of nitro groups is 1. The molecule has 7 nitrogen and oxygen atoms in total. The Hall–Kier alpha value is -2.32. The van der Waals surface area contributed by atoms with Crippen molar-refractivity contribution in [3.63, 3.8) is 0 Å². The van der Waals surface area contributed by atoms with Gasteiger partial charge in [0.2, 0.25) is 11.4 Å². The molecule has 0 fully saturated rings. The third kappa shape index (κ3) is 3.12. The molecular weight excluding hydrogens is 266 g/mol. The minimum absolute atomic E-state index is 0.0705. The Kier molecular flexibility index (Phi) is 4.67. The van der Waals surface area contributed by atoms with Crippen LogP contribution in [0.4, 0.5) is 14.5 Å². The van der Waals surface area contributed by atoms with Crippen molar-refractivity contribution in [2.24, 2.45) is 0 Å². The van der Waals surface area contributed by atoms with E-state index >= 15 is 0 Å². The number of alkyl halides is 2. The molecule has 1 aromatic rings. The molecule has 0 bridgehead atoms. The van der Waals surface area contributed by atoms with Crippen LogP contribution in [-0.2, 0) is 4.74 Å². The molecule has 0 atom stereocenters. The van der Waals surface area contributed by atoms with Crippen molar-refractivity contribution in [1.82, 2.24) is 4.98 Å². The first-order valence-electron chi connectivity index (χ1n) is 5.10. The topological polar surface area (TPSA) is 91.6 Å². The number of hydrogen-bond acceptors (Lipinski definition) is 6. The smallest absolute Gasteiger partial charge is 0.364 e.